The van der Waals surface area contributed by atoms with Gasteiger partial charge in [0, 0.05) is 5.69 Å². The minimum Gasteiger partial charge on any atom is -0.330 e. The molecule has 5 nitrogen and oxygen atoms in total. The maximum atomic E-state index is 13.7. The summed E-state index contributed by atoms with van der Waals surface area (Å²) in [6, 6.07) is 14.3. The fraction of sp³-hybridized carbons (Fsp3) is 0.250. The summed E-state index contributed by atoms with van der Waals surface area (Å²) in [7, 11) is 0. The van der Waals surface area contributed by atoms with Crippen molar-refractivity contribution in [2.45, 2.75) is 36.3 Å². The van der Waals surface area contributed by atoms with Crippen LogP contribution in [0.4, 0.5) is 20.9 Å². The summed E-state index contributed by atoms with van der Waals surface area (Å²) in [5.41, 5.74) is 2.38. The number of para-hydroxylation sites is 1. The molecule has 1 heterocycles. The Morgan fingerprint density at radius 2 is 1.79 bits per heavy atom. The number of halogens is 1. The van der Waals surface area contributed by atoms with Crippen LogP contribution in [-0.2, 0) is 4.79 Å². The summed E-state index contributed by atoms with van der Waals surface area (Å²) in [5, 5.41) is 14.3. The number of amides is 1. The fourth-order valence-corrected chi connectivity index (χ4v) is 4.30. The van der Waals surface area contributed by atoms with E-state index in [1.807, 2.05) is 12.1 Å². The third-order valence-corrected chi connectivity index (χ3v) is 6.04. The molecule has 0 aliphatic heterocycles. The summed E-state index contributed by atoms with van der Waals surface area (Å²) in [5.74, 6) is -0.265. The van der Waals surface area contributed by atoms with Crippen LogP contribution in [0.25, 0.3) is 0 Å². The third-order valence-electron chi connectivity index (χ3n) is 4.01. The third kappa shape index (κ3) is 5.30. The van der Waals surface area contributed by atoms with Crippen LogP contribution < -0.4 is 10.6 Å². The van der Waals surface area contributed by atoms with Gasteiger partial charge in [-0.2, -0.15) is 0 Å². The second-order valence-corrected chi connectivity index (χ2v) is 9.07. The van der Waals surface area contributed by atoms with Gasteiger partial charge in [0.05, 0.1) is 10.9 Å². The van der Waals surface area contributed by atoms with E-state index in [-0.39, 0.29) is 11.6 Å². The Labute approximate surface area is 171 Å². The zero-order valence-electron chi connectivity index (χ0n) is 15.8. The van der Waals surface area contributed by atoms with Crippen molar-refractivity contribution in [2.75, 3.05) is 10.6 Å². The van der Waals surface area contributed by atoms with Crippen LogP contribution in [0.2, 0.25) is 0 Å². The molecule has 2 N–H and O–H groups in total. The first-order chi connectivity index (χ1) is 13.4. The Balaban J connectivity index is 1.57. The van der Waals surface area contributed by atoms with Crippen molar-refractivity contribution in [3.63, 3.8) is 0 Å². The average Bonchev–Trinajstić information content (AvgIpc) is 3.10. The lowest BCUT2D eigenvalue weighted by Gasteiger charge is -2.10. The van der Waals surface area contributed by atoms with Gasteiger partial charge in [0.25, 0.3) is 0 Å². The predicted octanol–water partition coefficient (Wildman–Crippen LogP) is 5.66. The largest absolute Gasteiger partial charge is 0.330 e. The maximum absolute atomic E-state index is 13.7. The molecular formula is C20H21FN4OS2. The number of nitrogens with zero attached hydrogens (tertiary/aromatic N) is 2. The van der Waals surface area contributed by atoms with Crippen LogP contribution in [-0.4, -0.2) is 21.4 Å². The van der Waals surface area contributed by atoms with E-state index in [2.05, 4.69) is 46.8 Å². The number of carbonyl (C=O) groups is 1. The van der Waals surface area contributed by atoms with Crippen LogP contribution in [0, 0.1) is 5.82 Å². The minimum atomic E-state index is -0.459. The number of thioether (sulfide) groups is 1. The minimum absolute atomic E-state index is 0.171. The molecule has 0 aliphatic carbocycles. The maximum Gasteiger partial charge on any atom is 0.237 e. The average molecular weight is 417 g/mol. The van der Waals surface area contributed by atoms with Gasteiger partial charge in [-0.3, -0.25) is 4.79 Å². The summed E-state index contributed by atoms with van der Waals surface area (Å²) in [6.45, 7) is 6.06. The number of aromatic nitrogens is 2. The molecule has 2 aromatic carbocycles. The van der Waals surface area contributed by atoms with Crippen molar-refractivity contribution in [1.29, 1.82) is 0 Å². The molecule has 8 heteroatoms. The van der Waals surface area contributed by atoms with E-state index < -0.39 is 11.1 Å². The molecule has 3 rings (SSSR count). The summed E-state index contributed by atoms with van der Waals surface area (Å²) in [4.78, 5) is 12.3. The summed E-state index contributed by atoms with van der Waals surface area (Å²) in [6.07, 6.45) is 0. The first-order valence-corrected chi connectivity index (χ1v) is 10.5. The highest BCUT2D eigenvalue weighted by Crippen LogP contribution is 2.31. The zero-order chi connectivity index (χ0) is 20.1. The molecule has 0 unspecified atom stereocenters. The number of carbonyl (C=O) groups excluding carboxylic acids is 1. The van der Waals surface area contributed by atoms with E-state index in [0.717, 1.165) is 5.69 Å². The van der Waals surface area contributed by atoms with Gasteiger partial charge in [-0.05, 0) is 42.7 Å². The highest BCUT2D eigenvalue weighted by Gasteiger charge is 2.18. The number of nitrogens with one attached hydrogen (secondary N) is 2. The van der Waals surface area contributed by atoms with Crippen molar-refractivity contribution in [3.05, 3.63) is 59.9 Å². The molecule has 3 aromatic rings. The monoisotopic (exact) mass is 416 g/mol. The Hall–Kier alpha value is -2.45. The number of anilines is 3. The first-order valence-electron chi connectivity index (χ1n) is 8.85. The molecule has 0 spiro atoms. The van der Waals surface area contributed by atoms with Crippen molar-refractivity contribution in [2.24, 2.45) is 0 Å². The fourth-order valence-electron chi connectivity index (χ4n) is 2.38. The smallest absolute Gasteiger partial charge is 0.237 e. The highest BCUT2D eigenvalue weighted by atomic mass is 32.2. The molecule has 146 valence electrons. The van der Waals surface area contributed by atoms with E-state index >= 15 is 0 Å². The highest BCUT2D eigenvalue weighted by molar-refractivity contribution is 8.02. The van der Waals surface area contributed by atoms with E-state index in [4.69, 9.17) is 0 Å². The second-order valence-electron chi connectivity index (χ2n) is 6.50. The van der Waals surface area contributed by atoms with Crippen molar-refractivity contribution in [3.8, 4) is 0 Å². The standard InChI is InChI=1S/C20H21FN4OS2/c1-12(2)14-8-10-15(11-9-14)22-19-24-25-20(28-19)27-13(3)18(26)23-17-7-5-4-6-16(17)21/h4-13H,1-3H3,(H,22,24)(H,23,26)/t13-/m0/s1. The number of hydrogen-bond donors (Lipinski definition) is 2. The topological polar surface area (TPSA) is 66.9 Å². The van der Waals surface area contributed by atoms with Crippen molar-refractivity contribution < 1.29 is 9.18 Å². The molecule has 1 atom stereocenters. The van der Waals surface area contributed by atoms with Gasteiger partial charge < -0.3 is 10.6 Å². The van der Waals surface area contributed by atoms with Gasteiger partial charge >= 0.3 is 0 Å². The van der Waals surface area contributed by atoms with Crippen LogP contribution in [0.15, 0.2) is 52.9 Å². The Bertz CT molecular complexity index is 943. The van der Waals surface area contributed by atoms with Gasteiger partial charge in [-0.1, -0.05) is 61.2 Å². The van der Waals surface area contributed by atoms with E-state index in [9.17, 15) is 9.18 Å². The molecule has 0 radical (unpaired) electrons. The number of hydrogen-bond acceptors (Lipinski definition) is 6. The molecular weight excluding hydrogens is 395 g/mol. The molecule has 1 aromatic heterocycles. The quantitative estimate of drug-likeness (QED) is 0.486. The van der Waals surface area contributed by atoms with Crippen molar-refractivity contribution >= 4 is 45.5 Å². The van der Waals surface area contributed by atoms with Crippen LogP contribution in [0.5, 0.6) is 0 Å². The van der Waals surface area contributed by atoms with Gasteiger partial charge in [0.15, 0.2) is 4.34 Å². The van der Waals surface area contributed by atoms with Gasteiger partial charge in [0.1, 0.15) is 5.82 Å². The van der Waals surface area contributed by atoms with E-state index in [1.165, 1.54) is 40.8 Å². The lowest BCUT2D eigenvalue weighted by Crippen LogP contribution is -2.22. The lowest BCUT2D eigenvalue weighted by molar-refractivity contribution is -0.115. The Morgan fingerprint density at radius 3 is 2.46 bits per heavy atom. The zero-order valence-corrected chi connectivity index (χ0v) is 17.4. The Morgan fingerprint density at radius 1 is 1.07 bits per heavy atom. The van der Waals surface area contributed by atoms with Gasteiger partial charge in [0.2, 0.25) is 11.0 Å². The molecule has 0 bridgehead atoms. The predicted molar refractivity (Wildman–Crippen MR) is 114 cm³/mol. The second kappa shape index (κ2) is 9.16. The summed E-state index contributed by atoms with van der Waals surface area (Å²) >= 11 is 2.65. The molecule has 0 saturated heterocycles. The van der Waals surface area contributed by atoms with E-state index in [0.29, 0.717) is 15.4 Å². The van der Waals surface area contributed by atoms with Gasteiger partial charge in [-0.15, -0.1) is 10.2 Å². The summed E-state index contributed by atoms with van der Waals surface area (Å²) < 4.78 is 14.3. The molecule has 28 heavy (non-hydrogen) atoms. The molecule has 0 aliphatic rings. The molecule has 0 saturated carbocycles. The number of rotatable bonds is 7. The molecule has 1 amide bonds. The van der Waals surface area contributed by atoms with Crippen molar-refractivity contribution in [1.82, 2.24) is 10.2 Å². The Kier molecular flexibility index (Phi) is 6.64. The van der Waals surface area contributed by atoms with Crippen LogP contribution in [0.3, 0.4) is 0 Å². The first kappa shape index (κ1) is 20.3. The van der Waals surface area contributed by atoms with Crippen LogP contribution in [0.1, 0.15) is 32.3 Å². The lowest BCUT2D eigenvalue weighted by atomic mass is 10.0. The SMILES string of the molecule is CC(C)c1ccc(Nc2nnc(S[C@@H](C)C(=O)Nc3ccccc3F)s2)cc1. The normalized spacial score (nSPS) is 12.0. The van der Waals surface area contributed by atoms with E-state index in [1.54, 1.807) is 19.1 Å². The molecule has 0 fully saturated rings. The van der Waals surface area contributed by atoms with Gasteiger partial charge in [-0.25, -0.2) is 4.39 Å². The number of benzene rings is 2. The van der Waals surface area contributed by atoms with Crippen LogP contribution >= 0.6 is 23.1 Å².